The molecule has 110 valence electrons. The van der Waals surface area contributed by atoms with Crippen molar-refractivity contribution in [3.8, 4) is 0 Å². The molecule has 3 nitrogen and oxygen atoms in total. The van der Waals surface area contributed by atoms with Crippen molar-refractivity contribution in [2.24, 2.45) is 5.92 Å². The van der Waals surface area contributed by atoms with Gasteiger partial charge in [-0.05, 0) is 37.0 Å². The van der Waals surface area contributed by atoms with Crippen molar-refractivity contribution in [1.29, 1.82) is 0 Å². The molecule has 2 rings (SSSR count). The molecule has 1 amide bonds. The number of halogens is 1. The lowest BCUT2D eigenvalue weighted by atomic mass is 9.87. The Morgan fingerprint density at radius 2 is 1.95 bits per heavy atom. The zero-order chi connectivity index (χ0) is 14.9. The minimum Gasteiger partial charge on any atom is -0.388 e. The Bertz CT molecular complexity index is 482. The third kappa shape index (κ3) is 3.33. The lowest BCUT2D eigenvalue weighted by Crippen LogP contribution is -2.38. The maximum absolute atomic E-state index is 12.7. The molecule has 1 heterocycles. The predicted octanol–water partition coefficient (Wildman–Crippen LogP) is 3.06. The van der Waals surface area contributed by atoms with Crippen LogP contribution in [0.5, 0.6) is 0 Å². The normalized spacial score (nSPS) is 24.2. The van der Waals surface area contributed by atoms with Gasteiger partial charge in [-0.25, -0.2) is 0 Å². The molecule has 1 N–H and O–H groups in total. The van der Waals surface area contributed by atoms with E-state index in [9.17, 15) is 9.90 Å². The first-order valence-electron chi connectivity index (χ1n) is 7.07. The predicted molar refractivity (Wildman–Crippen MR) is 80.9 cm³/mol. The second-order valence-electron chi connectivity index (χ2n) is 6.28. The van der Waals surface area contributed by atoms with Crippen molar-refractivity contribution >= 4 is 17.5 Å². The Kier molecular flexibility index (Phi) is 4.40. The lowest BCUT2D eigenvalue weighted by molar-refractivity contribution is -0.133. The Labute approximate surface area is 125 Å². The average molecular weight is 296 g/mol. The number of β-amino-alcohol motifs (C(OH)–C–C–N with tert-alkyl or cyclic N) is 1. The van der Waals surface area contributed by atoms with Crippen molar-refractivity contribution in [3.63, 3.8) is 0 Å². The molecule has 0 spiro atoms. The summed E-state index contributed by atoms with van der Waals surface area (Å²) in [6, 6.07) is 7.47. The first-order chi connectivity index (χ1) is 9.30. The van der Waals surface area contributed by atoms with E-state index in [1.54, 1.807) is 11.8 Å². The van der Waals surface area contributed by atoms with Gasteiger partial charge in [0.05, 0.1) is 11.5 Å². The standard InChI is InChI=1S/C16H22ClNO2/c1-11(2)14(12-4-6-13(17)7-5-12)15(19)18-9-8-16(3,20)10-18/h4-7,11,14,20H,8-10H2,1-3H3. The van der Waals surface area contributed by atoms with Crippen LogP contribution in [0.15, 0.2) is 24.3 Å². The fourth-order valence-corrected chi connectivity index (χ4v) is 2.94. The number of amides is 1. The summed E-state index contributed by atoms with van der Waals surface area (Å²) in [7, 11) is 0. The number of likely N-dealkylation sites (tertiary alicyclic amines) is 1. The zero-order valence-corrected chi connectivity index (χ0v) is 13.0. The number of rotatable bonds is 3. The molecular weight excluding hydrogens is 274 g/mol. The molecule has 20 heavy (non-hydrogen) atoms. The number of carbonyl (C=O) groups excluding carboxylic acids is 1. The van der Waals surface area contributed by atoms with Gasteiger partial charge >= 0.3 is 0 Å². The van der Waals surface area contributed by atoms with E-state index in [1.807, 2.05) is 38.1 Å². The van der Waals surface area contributed by atoms with E-state index in [-0.39, 0.29) is 17.7 Å². The van der Waals surface area contributed by atoms with Crippen LogP contribution in [0, 0.1) is 5.92 Å². The molecule has 0 bridgehead atoms. The molecule has 0 saturated carbocycles. The van der Waals surface area contributed by atoms with Gasteiger partial charge in [0.25, 0.3) is 0 Å². The summed E-state index contributed by atoms with van der Waals surface area (Å²) in [5.74, 6) is 0.121. The first kappa shape index (κ1) is 15.3. The van der Waals surface area contributed by atoms with Crippen LogP contribution in [0.3, 0.4) is 0 Å². The molecular formula is C16H22ClNO2. The number of aliphatic hydroxyl groups is 1. The smallest absolute Gasteiger partial charge is 0.230 e. The van der Waals surface area contributed by atoms with Crippen LogP contribution in [0.4, 0.5) is 0 Å². The molecule has 1 saturated heterocycles. The summed E-state index contributed by atoms with van der Waals surface area (Å²) in [6.45, 7) is 6.93. The quantitative estimate of drug-likeness (QED) is 0.931. The van der Waals surface area contributed by atoms with Gasteiger partial charge in [-0.1, -0.05) is 37.6 Å². The maximum Gasteiger partial charge on any atom is 0.230 e. The van der Waals surface area contributed by atoms with Gasteiger partial charge in [0.2, 0.25) is 5.91 Å². The van der Waals surface area contributed by atoms with Gasteiger partial charge in [-0.15, -0.1) is 0 Å². The summed E-state index contributed by atoms with van der Waals surface area (Å²) < 4.78 is 0. The molecule has 1 aliphatic heterocycles. The minimum atomic E-state index is -0.753. The Hall–Kier alpha value is -1.06. The molecule has 1 aromatic rings. The van der Waals surface area contributed by atoms with Crippen molar-refractivity contribution in [1.82, 2.24) is 4.90 Å². The highest BCUT2D eigenvalue weighted by Gasteiger charge is 2.37. The van der Waals surface area contributed by atoms with Gasteiger partial charge in [0.15, 0.2) is 0 Å². The Balaban J connectivity index is 2.21. The first-order valence-corrected chi connectivity index (χ1v) is 7.44. The fourth-order valence-electron chi connectivity index (χ4n) is 2.81. The van der Waals surface area contributed by atoms with Crippen molar-refractivity contribution in [3.05, 3.63) is 34.9 Å². The number of benzene rings is 1. The van der Waals surface area contributed by atoms with Crippen LogP contribution in [-0.4, -0.2) is 34.6 Å². The number of hydrogen-bond acceptors (Lipinski definition) is 2. The van der Waals surface area contributed by atoms with E-state index in [1.165, 1.54) is 0 Å². The van der Waals surface area contributed by atoms with Gasteiger partial charge in [-0.2, -0.15) is 0 Å². The average Bonchev–Trinajstić information content (AvgIpc) is 2.72. The second-order valence-corrected chi connectivity index (χ2v) is 6.72. The fraction of sp³-hybridized carbons (Fsp3) is 0.562. The highest BCUT2D eigenvalue weighted by Crippen LogP contribution is 2.31. The number of carbonyl (C=O) groups is 1. The van der Waals surface area contributed by atoms with Crippen LogP contribution in [0.25, 0.3) is 0 Å². The number of nitrogens with zero attached hydrogens (tertiary/aromatic N) is 1. The van der Waals surface area contributed by atoms with Crippen molar-refractivity contribution in [2.75, 3.05) is 13.1 Å². The summed E-state index contributed by atoms with van der Waals surface area (Å²) in [5, 5.41) is 10.7. The Morgan fingerprint density at radius 1 is 1.35 bits per heavy atom. The molecule has 1 aliphatic rings. The summed E-state index contributed by atoms with van der Waals surface area (Å²) >= 11 is 5.91. The van der Waals surface area contributed by atoms with E-state index < -0.39 is 5.60 Å². The van der Waals surface area contributed by atoms with Crippen LogP contribution in [0.2, 0.25) is 5.02 Å². The van der Waals surface area contributed by atoms with Gasteiger partial charge in [0, 0.05) is 18.1 Å². The topological polar surface area (TPSA) is 40.5 Å². The van der Waals surface area contributed by atoms with Gasteiger partial charge in [0.1, 0.15) is 0 Å². The van der Waals surface area contributed by atoms with E-state index in [4.69, 9.17) is 11.6 Å². The van der Waals surface area contributed by atoms with Crippen LogP contribution in [0.1, 0.15) is 38.7 Å². The van der Waals surface area contributed by atoms with Crippen LogP contribution < -0.4 is 0 Å². The largest absolute Gasteiger partial charge is 0.388 e. The van der Waals surface area contributed by atoms with Gasteiger partial charge in [-0.3, -0.25) is 4.79 Å². The van der Waals surface area contributed by atoms with E-state index in [0.29, 0.717) is 24.5 Å². The Morgan fingerprint density at radius 3 is 2.40 bits per heavy atom. The van der Waals surface area contributed by atoms with Gasteiger partial charge < -0.3 is 10.0 Å². The van der Waals surface area contributed by atoms with Crippen molar-refractivity contribution < 1.29 is 9.90 Å². The molecule has 2 atom stereocenters. The summed E-state index contributed by atoms with van der Waals surface area (Å²) in [4.78, 5) is 14.5. The molecule has 0 aliphatic carbocycles. The molecule has 0 aromatic heterocycles. The maximum atomic E-state index is 12.7. The third-order valence-corrected chi connectivity index (χ3v) is 4.18. The van der Waals surface area contributed by atoms with Crippen LogP contribution in [-0.2, 0) is 4.79 Å². The molecule has 0 radical (unpaired) electrons. The van der Waals surface area contributed by atoms with E-state index in [0.717, 1.165) is 5.56 Å². The van der Waals surface area contributed by atoms with Crippen molar-refractivity contribution in [2.45, 2.75) is 38.7 Å². The molecule has 2 unspecified atom stereocenters. The highest BCUT2D eigenvalue weighted by molar-refractivity contribution is 6.30. The summed E-state index contributed by atoms with van der Waals surface area (Å²) in [5.41, 5.74) is 0.234. The monoisotopic (exact) mass is 295 g/mol. The highest BCUT2D eigenvalue weighted by atomic mass is 35.5. The third-order valence-electron chi connectivity index (χ3n) is 3.93. The summed E-state index contributed by atoms with van der Waals surface area (Å²) in [6.07, 6.45) is 0.643. The molecule has 4 heteroatoms. The zero-order valence-electron chi connectivity index (χ0n) is 12.3. The minimum absolute atomic E-state index is 0.0973. The molecule has 1 fully saturated rings. The lowest BCUT2D eigenvalue weighted by Gasteiger charge is -2.27. The van der Waals surface area contributed by atoms with E-state index >= 15 is 0 Å². The van der Waals surface area contributed by atoms with Crippen LogP contribution >= 0.6 is 11.6 Å². The SMILES string of the molecule is CC(C)C(C(=O)N1CCC(C)(O)C1)c1ccc(Cl)cc1. The molecule has 1 aromatic carbocycles. The second kappa shape index (κ2) is 5.74. The van der Waals surface area contributed by atoms with E-state index in [2.05, 4.69) is 0 Å². The number of hydrogen-bond donors (Lipinski definition) is 1.